The second kappa shape index (κ2) is 3.23. The number of hydrogen-bond acceptors (Lipinski definition) is 1. The molecule has 2 rings (SSSR count). The van der Waals surface area contributed by atoms with Crippen LogP contribution in [0.3, 0.4) is 0 Å². The van der Waals surface area contributed by atoms with E-state index >= 15 is 0 Å². The third-order valence-electron chi connectivity index (χ3n) is 2.73. The van der Waals surface area contributed by atoms with Gasteiger partial charge in [-0.2, -0.15) is 0 Å². The first kappa shape index (κ1) is 5.11. The molecule has 0 aliphatic carbocycles. The van der Waals surface area contributed by atoms with E-state index in [1.54, 1.807) is 13.8 Å². The molecule has 0 aromatic rings. The van der Waals surface area contributed by atoms with E-state index in [9.17, 15) is 4.39 Å². The van der Waals surface area contributed by atoms with Gasteiger partial charge in [-0.05, 0) is 38.1 Å². The topological polar surface area (TPSA) is 3.24 Å². The highest BCUT2D eigenvalue weighted by atomic mass is 19.1. The highest BCUT2D eigenvalue weighted by molar-refractivity contribution is 5.03. The molecule has 1 nitrogen and oxygen atoms in total. The molecule has 2 heterocycles. The zero-order valence-electron chi connectivity index (χ0n) is 13.2. The van der Waals surface area contributed by atoms with Crippen molar-refractivity contribution in [3.63, 3.8) is 0 Å². The lowest BCUT2D eigenvalue weighted by Gasteiger charge is -2.33. The van der Waals surface area contributed by atoms with Crippen molar-refractivity contribution in [2.75, 3.05) is 13.0 Å². The summed E-state index contributed by atoms with van der Waals surface area (Å²) < 4.78 is 53.9. The van der Waals surface area contributed by atoms with Gasteiger partial charge in [-0.1, -0.05) is 13.8 Å². The zero-order chi connectivity index (χ0) is 14.0. The van der Waals surface area contributed by atoms with Crippen LogP contribution in [-0.4, -0.2) is 29.6 Å². The van der Waals surface area contributed by atoms with Crippen molar-refractivity contribution in [1.82, 2.24) is 4.90 Å². The summed E-state index contributed by atoms with van der Waals surface area (Å²) in [4.78, 5) is 1.27. The molecule has 0 aromatic heterocycles. The number of fused-ring (bicyclic) bond motifs is 1. The van der Waals surface area contributed by atoms with Gasteiger partial charge in [0.25, 0.3) is 0 Å². The molecule has 0 amide bonds. The highest BCUT2D eigenvalue weighted by Gasteiger charge is 2.48. The van der Waals surface area contributed by atoms with E-state index in [2.05, 4.69) is 0 Å². The summed E-state index contributed by atoms with van der Waals surface area (Å²) >= 11 is 0. The van der Waals surface area contributed by atoms with Crippen LogP contribution in [0.5, 0.6) is 0 Å². The molecular weight excluding hydrogens is 165 g/mol. The maximum atomic E-state index is 14.0. The Morgan fingerprint density at radius 3 is 3.31 bits per heavy atom. The Balaban J connectivity index is 2.47. The van der Waals surface area contributed by atoms with Gasteiger partial charge in [-0.3, -0.25) is 4.90 Å². The molecule has 2 saturated heterocycles. The van der Waals surface area contributed by atoms with E-state index < -0.39 is 24.6 Å². The van der Waals surface area contributed by atoms with Gasteiger partial charge in [0, 0.05) is 17.6 Å². The summed E-state index contributed by atoms with van der Waals surface area (Å²) in [5.74, 6) is -0.345. The Morgan fingerprint density at radius 1 is 1.85 bits per heavy atom. The summed E-state index contributed by atoms with van der Waals surface area (Å²) in [7, 11) is 0. The first-order valence-electron chi connectivity index (χ1n) is 7.41. The molecule has 0 unspecified atom stereocenters. The summed E-state index contributed by atoms with van der Waals surface area (Å²) in [6.07, 6.45) is -3.72. The van der Waals surface area contributed by atoms with Crippen LogP contribution in [0, 0.1) is 5.92 Å². The van der Waals surface area contributed by atoms with Crippen LogP contribution in [0.25, 0.3) is 0 Å². The van der Waals surface area contributed by atoms with E-state index in [1.807, 2.05) is 0 Å². The van der Waals surface area contributed by atoms with Crippen LogP contribution < -0.4 is 0 Å². The molecule has 0 aromatic carbocycles. The van der Waals surface area contributed by atoms with Gasteiger partial charge in [0.2, 0.25) is 0 Å². The summed E-state index contributed by atoms with van der Waals surface area (Å²) in [6, 6.07) is 0. The predicted octanol–water partition coefficient (Wildman–Crippen LogP) is 2.61. The van der Waals surface area contributed by atoms with Crippen LogP contribution in [0.4, 0.5) is 4.39 Å². The van der Waals surface area contributed by atoms with Crippen LogP contribution in [0.2, 0.25) is 0 Å². The quantitative estimate of drug-likeness (QED) is 0.647. The predicted molar refractivity (Wildman–Crippen MR) is 52.5 cm³/mol. The second-order valence-corrected chi connectivity index (χ2v) is 4.27. The monoisotopic (exact) mass is 190 g/mol. The van der Waals surface area contributed by atoms with Crippen molar-refractivity contribution >= 4 is 0 Å². The number of halogens is 1. The van der Waals surface area contributed by atoms with Crippen molar-refractivity contribution in [3.05, 3.63) is 0 Å². The standard InChI is InChI=1S/C11H20FN/c1-9(2)6-11-4-3-5-13(11)8-10(12)7-11/h9-10H,3-8H2,1-2H3/t10-,11-/m1/s1/i5D2,6D2,10D. The second-order valence-electron chi connectivity index (χ2n) is 4.27. The van der Waals surface area contributed by atoms with Crippen LogP contribution >= 0.6 is 0 Å². The molecule has 2 fully saturated rings. The van der Waals surface area contributed by atoms with Crippen LogP contribution in [-0.2, 0) is 0 Å². The highest BCUT2D eigenvalue weighted by Crippen LogP contribution is 2.43. The average molecular weight is 190 g/mol. The summed E-state index contributed by atoms with van der Waals surface area (Å²) in [6.45, 7) is 1.40. The average Bonchev–Trinajstić information content (AvgIpc) is 2.60. The van der Waals surface area contributed by atoms with Gasteiger partial charge in [0.15, 0.2) is 0 Å². The molecule has 2 aliphatic rings. The van der Waals surface area contributed by atoms with E-state index in [1.165, 1.54) is 4.90 Å². The minimum absolute atomic E-state index is 0.204. The maximum Gasteiger partial charge on any atom is 0.115 e. The van der Waals surface area contributed by atoms with Crippen molar-refractivity contribution < 1.29 is 11.2 Å². The molecule has 76 valence electrons. The van der Waals surface area contributed by atoms with Crippen molar-refractivity contribution in [2.45, 2.75) is 51.2 Å². The first-order chi connectivity index (χ1) is 7.95. The van der Waals surface area contributed by atoms with Gasteiger partial charge in [-0.25, -0.2) is 4.39 Å². The Labute approximate surface area is 87.3 Å². The minimum Gasteiger partial charge on any atom is -0.295 e. The fraction of sp³-hybridized carbons (Fsp3) is 1.00. The Bertz CT molecular complexity index is 357. The zero-order valence-corrected chi connectivity index (χ0v) is 8.23. The molecule has 2 heteroatoms. The van der Waals surface area contributed by atoms with Crippen LogP contribution in [0.15, 0.2) is 0 Å². The molecule has 0 radical (unpaired) electrons. The Hall–Kier alpha value is -0.110. The number of hydrogen-bond donors (Lipinski definition) is 0. The van der Waals surface area contributed by atoms with Crippen molar-refractivity contribution in [1.29, 1.82) is 0 Å². The van der Waals surface area contributed by atoms with Crippen molar-refractivity contribution in [2.24, 2.45) is 5.92 Å². The van der Waals surface area contributed by atoms with E-state index in [0.29, 0.717) is 0 Å². The number of alkyl halides is 1. The molecule has 2 aliphatic heterocycles. The summed E-state index contributed by atoms with van der Waals surface area (Å²) in [5, 5.41) is 0. The molecular formula is C11H20FN. The number of nitrogens with zero attached hydrogens (tertiary/aromatic N) is 1. The lowest BCUT2D eigenvalue weighted by Crippen LogP contribution is -2.39. The fourth-order valence-electron chi connectivity index (χ4n) is 2.36. The number of rotatable bonds is 2. The van der Waals surface area contributed by atoms with Gasteiger partial charge < -0.3 is 0 Å². The third-order valence-corrected chi connectivity index (χ3v) is 2.73. The molecule has 0 bridgehead atoms. The Kier molecular flexibility index (Phi) is 1.27. The fourth-order valence-corrected chi connectivity index (χ4v) is 2.36. The van der Waals surface area contributed by atoms with E-state index in [-0.39, 0.29) is 31.7 Å². The Morgan fingerprint density at radius 2 is 2.62 bits per heavy atom. The smallest absolute Gasteiger partial charge is 0.115 e. The lowest BCUT2D eigenvalue weighted by atomic mass is 9.85. The molecule has 2 atom stereocenters. The van der Waals surface area contributed by atoms with Crippen LogP contribution in [0.1, 0.15) is 46.3 Å². The van der Waals surface area contributed by atoms with Gasteiger partial charge in [0.05, 0.1) is 1.37 Å². The van der Waals surface area contributed by atoms with Crippen molar-refractivity contribution in [3.8, 4) is 0 Å². The third kappa shape index (κ3) is 1.61. The maximum absolute atomic E-state index is 14.0. The summed E-state index contributed by atoms with van der Waals surface area (Å²) in [5.41, 5.74) is -1.18. The normalized spacial score (nSPS) is 56.5. The SMILES string of the molecule is [2H]C1([2H])CC[C@@]2(C([2H])([2H])C(C)C)C[C@@]([2H])(F)CN12. The van der Waals surface area contributed by atoms with Gasteiger partial charge in [-0.15, -0.1) is 0 Å². The lowest BCUT2D eigenvalue weighted by molar-refractivity contribution is 0.163. The van der Waals surface area contributed by atoms with E-state index in [4.69, 9.17) is 6.85 Å². The molecule has 13 heavy (non-hydrogen) atoms. The van der Waals surface area contributed by atoms with E-state index in [0.717, 1.165) is 0 Å². The molecule has 0 saturated carbocycles. The van der Waals surface area contributed by atoms with Gasteiger partial charge in [0.1, 0.15) is 6.15 Å². The molecule has 0 N–H and O–H groups in total. The largest absolute Gasteiger partial charge is 0.295 e. The first-order valence-corrected chi connectivity index (χ1v) is 4.91. The molecule has 0 spiro atoms. The minimum atomic E-state index is -2.25. The van der Waals surface area contributed by atoms with Gasteiger partial charge >= 0.3 is 0 Å².